The highest BCUT2D eigenvalue weighted by molar-refractivity contribution is 7.17. The number of benzene rings is 1. The number of aliphatic hydroxyl groups is 1. The SMILES string of the molecule is CN(C[C@](C)(O)COc1cccc(-c2noc3ccsc23)c1)c1cccs1. The number of fused-ring (bicyclic) bond motifs is 1. The van der Waals surface area contributed by atoms with Crippen molar-refractivity contribution in [1.29, 1.82) is 0 Å². The lowest BCUT2D eigenvalue weighted by molar-refractivity contribution is 0.0189. The van der Waals surface area contributed by atoms with Crippen LogP contribution in [0.4, 0.5) is 5.00 Å². The van der Waals surface area contributed by atoms with Crippen molar-refractivity contribution in [2.75, 3.05) is 25.1 Å². The number of nitrogens with zero attached hydrogens (tertiary/aromatic N) is 2. The molecule has 4 rings (SSSR count). The van der Waals surface area contributed by atoms with Crippen molar-refractivity contribution in [3.8, 4) is 17.0 Å². The zero-order chi connectivity index (χ0) is 18.9. The van der Waals surface area contributed by atoms with Gasteiger partial charge >= 0.3 is 0 Å². The molecule has 0 aliphatic carbocycles. The van der Waals surface area contributed by atoms with Crippen LogP contribution in [0.5, 0.6) is 5.75 Å². The normalized spacial score (nSPS) is 13.6. The first-order chi connectivity index (χ1) is 13.0. The Morgan fingerprint density at radius 1 is 1.19 bits per heavy atom. The van der Waals surface area contributed by atoms with Crippen LogP contribution in [0.15, 0.2) is 57.7 Å². The average molecular weight is 401 g/mol. The molecule has 0 unspecified atom stereocenters. The van der Waals surface area contributed by atoms with Gasteiger partial charge in [-0.25, -0.2) is 0 Å². The van der Waals surface area contributed by atoms with Gasteiger partial charge in [0.1, 0.15) is 28.4 Å². The minimum atomic E-state index is -0.982. The number of hydrogen-bond donors (Lipinski definition) is 1. The summed E-state index contributed by atoms with van der Waals surface area (Å²) in [5.41, 5.74) is 1.56. The van der Waals surface area contributed by atoms with E-state index in [0.29, 0.717) is 12.3 Å². The Morgan fingerprint density at radius 2 is 2.07 bits per heavy atom. The zero-order valence-electron chi connectivity index (χ0n) is 15.1. The standard InChI is InChI=1S/C20H20N2O3S2/c1-20(23,12-22(2)17-7-4-9-26-17)13-24-15-6-3-5-14(11-15)18-19-16(25-21-18)8-10-27-19/h3-11,23H,12-13H2,1-2H3/t20-/m0/s1. The monoisotopic (exact) mass is 400 g/mol. The minimum absolute atomic E-state index is 0.194. The fourth-order valence-corrected chi connectivity index (χ4v) is 4.47. The van der Waals surface area contributed by atoms with Crippen LogP contribution in [-0.2, 0) is 0 Å². The molecule has 1 aromatic carbocycles. The van der Waals surface area contributed by atoms with Crippen molar-refractivity contribution in [3.63, 3.8) is 0 Å². The summed E-state index contributed by atoms with van der Waals surface area (Å²) in [6, 6.07) is 13.7. The van der Waals surface area contributed by atoms with E-state index in [9.17, 15) is 5.11 Å². The number of hydrogen-bond acceptors (Lipinski definition) is 7. The first kappa shape index (κ1) is 18.0. The first-order valence-corrected chi connectivity index (χ1v) is 10.3. The van der Waals surface area contributed by atoms with Gasteiger partial charge in [-0.1, -0.05) is 17.3 Å². The fraction of sp³-hybridized carbons (Fsp3) is 0.250. The van der Waals surface area contributed by atoms with E-state index in [0.717, 1.165) is 26.5 Å². The predicted molar refractivity (Wildman–Crippen MR) is 111 cm³/mol. The largest absolute Gasteiger partial charge is 0.491 e. The van der Waals surface area contributed by atoms with Crippen molar-refractivity contribution in [2.45, 2.75) is 12.5 Å². The van der Waals surface area contributed by atoms with E-state index in [2.05, 4.69) is 5.16 Å². The van der Waals surface area contributed by atoms with Gasteiger partial charge < -0.3 is 19.3 Å². The third-order valence-electron chi connectivity index (χ3n) is 4.20. The first-order valence-electron chi connectivity index (χ1n) is 8.55. The van der Waals surface area contributed by atoms with E-state index in [4.69, 9.17) is 9.26 Å². The molecule has 3 aromatic heterocycles. The molecule has 0 radical (unpaired) electrons. The molecule has 27 heavy (non-hydrogen) atoms. The molecule has 1 atom stereocenters. The maximum absolute atomic E-state index is 10.7. The molecular formula is C20H20N2O3S2. The summed E-state index contributed by atoms with van der Waals surface area (Å²) in [6.45, 7) is 2.46. The summed E-state index contributed by atoms with van der Waals surface area (Å²) in [5.74, 6) is 0.694. The molecular weight excluding hydrogens is 380 g/mol. The van der Waals surface area contributed by atoms with Crippen molar-refractivity contribution >= 4 is 38.0 Å². The molecule has 0 spiro atoms. The van der Waals surface area contributed by atoms with Crippen molar-refractivity contribution < 1.29 is 14.4 Å². The van der Waals surface area contributed by atoms with E-state index in [1.54, 1.807) is 29.6 Å². The zero-order valence-corrected chi connectivity index (χ0v) is 16.7. The highest BCUT2D eigenvalue weighted by atomic mass is 32.1. The molecule has 0 saturated heterocycles. The predicted octanol–water partition coefficient (Wildman–Crippen LogP) is 4.88. The van der Waals surface area contributed by atoms with Crippen LogP contribution in [0.1, 0.15) is 6.92 Å². The quantitative estimate of drug-likeness (QED) is 0.479. The Balaban J connectivity index is 1.44. The Kier molecular flexibility index (Phi) is 4.90. The molecule has 3 heterocycles. The van der Waals surface area contributed by atoms with Crippen LogP contribution >= 0.6 is 22.7 Å². The number of anilines is 1. The Hall–Kier alpha value is -2.35. The van der Waals surface area contributed by atoms with Gasteiger partial charge in [-0.3, -0.25) is 0 Å². The van der Waals surface area contributed by atoms with Gasteiger partial charge in [0.25, 0.3) is 0 Å². The summed E-state index contributed by atoms with van der Waals surface area (Å²) in [7, 11) is 1.97. The van der Waals surface area contributed by atoms with Gasteiger partial charge in [-0.2, -0.15) is 0 Å². The Labute approximate surface area is 165 Å². The second kappa shape index (κ2) is 7.34. The van der Waals surface area contributed by atoms with Crippen LogP contribution in [0.2, 0.25) is 0 Å². The molecule has 7 heteroatoms. The Bertz CT molecular complexity index is 1020. The molecule has 0 aliphatic heterocycles. The molecule has 0 aliphatic rings. The van der Waals surface area contributed by atoms with Crippen molar-refractivity contribution in [3.05, 3.63) is 53.2 Å². The summed E-state index contributed by atoms with van der Waals surface area (Å²) < 4.78 is 12.3. The van der Waals surface area contributed by atoms with Crippen LogP contribution < -0.4 is 9.64 Å². The molecule has 0 bridgehead atoms. The fourth-order valence-electron chi connectivity index (χ4n) is 2.96. The molecule has 5 nitrogen and oxygen atoms in total. The van der Waals surface area contributed by atoms with Crippen LogP contribution in [0, 0.1) is 0 Å². The molecule has 0 saturated carbocycles. The lowest BCUT2D eigenvalue weighted by Crippen LogP contribution is -2.43. The second-order valence-electron chi connectivity index (χ2n) is 6.77. The second-order valence-corrected chi connectivity index (χ2v) is 8.61. The van der Waals surface area contributed by atoms with E-state index in [1.165, 1.54) is 0 Å². The summed E-state index contributed by atoms with van der Waals surface area (Å²) in [6.07, 6.45) is 0. The smallest absolute Gasteiger partial charge is 0.178 e. The van der Waals surface area contributed by atoms with Gasteiger partial charge in [-0.15, -0.1) is 22.7 Å². The third-order valence-corrected chi connectivity index (χ3v) is 6.08. The molecule has 140 valence electrons. The lowest BCUT2D eigenvalue weighted by atomic mass is 10.1. The minimum Gasteiger partial charge on any atom is -0.491 e. The number of aromatic nitrogens is 1. The van der Waals surface area contributed by atoms with Gasteiger partial charge in [-0.05, 0) is 48.0 Å². The van der Waals surface area contributed by atoms with Gasteiger partial charge in [0.05, 0.1) is 11.5 Å². The number of ether oxygens (including phenoxy) is 1. The molecule has 1 N–H and O–H groups in total. The maximum atomic E-state index is 10.7. The summed E-state index contributed by atoms with van der Waals surface area (Å²) in [5, 5.41) is 20.0. The molecule has 4 aromatic rings. The lowest BCUT2D eigenvalue weighted by Gasteiger charge is -2.29. The summed E-state index contributed by atoms with van der Waals surface area (Å²) >= 11 is 3.25. The van der Waals surface area contributed by atoms with E-state index < -0.39 is 5.60 Å². The molecule has 0 amide bonds. The number of thiophene rings is 2. The molecule has 0 fully saturated rings. The third kappa shape index (κ3) is 4.00. The van der Waals surface area contributed by atoms with E-state index in [1.807, 2.05) is 65.2 Å². The van der Waals surface area contributed by atoms with Crippen LogP contribution in [0.3, 0.4) is 0 Å². The maximum Gasteiger partial charge on any atom is 0.178 e. The highest BCUT2D eigenvalue weighted by Gasteiger charge is 2.24. The number of rotatable bonds is 7. The van der Waals surface area contributed by atoms with Gasteiger partial charge in [0, 0.05) is 12.6 Å². The number of likely N-dealkylation sites (N-methyl/N-ethyl adjacent to an activating group) is 1. The highest BCUT2D eigenvalue weighted by Crippen LogP contribution is 2.33. The van der Waals surface area contributed by atoms with E-state index >= 15 is 0 Å². The van der Waals surface area contributed by atoms with Gasteiger partial charge in [0.2, 0.25) is 0 Å². The van der Waals surface area contributed by atoms with Crippen LogP contribution in [-0.4, -0.2) is 36.1 Å². The van der Waals surface area contributed by atoms with Crippen molar-refractivity contribution in [1.82, 2.24) is 5.16 Å². The summed E-state index contributed by atoms with van der Waals surface area (Å²) in [4.78, 5) is 2.04. The van der Waals surface area contributed by atoms with Crippen LogP contribution in [0.25, 0.3) is 21.5 Å². The van der Waals surface area contributed by atoms with Crippen molar-refractivity contribution in [2.24, 2.45) is 0 Å². The Morgan fingerprint density at radius 3 is 2.89 bits per heavy atom. The average Bonchev–Trinajstić information content (AvgIpc) is 3.37. The van der Waals surface area contributed by atoms with Gasteiger partial charge in [0.15, 0.2) is 5.58 Å². The topological polar surface area (TPSA) is 58.7 Å². The van der Waals surface area contributed by atoms with E-state index in [-0.39, 0.29) is 6.61 Å².